The van der Waals surface area contributed by atoms with Crippen molar-refractivity contribution in [3.63, 3.8) is 0 Å². The lowest BCUT2D eigenvalue weighted by molar-refractivity contribution is 0.235. The Labute approximate surface area is 98.0 Å². The smallest absolute Gasteiger partial charge is 0.0454 e. The normalized spacial score (nSPS) is 19.3. The maximum Gasteiger partial charge on any atom is 0.0454 e. The fourth-order valence-corrected chi connectivity index (χ4v) is 3.78. The fourth-order valence-electron chi connectivity index (χ4n) is 1.99. The molecule has 0 amide bonds. The molecule has 1 aliphatic rings. The molecule has 1 saturated carbocycles. The van der Waals surface area contributed by atoms with Gasteiger partial charge in [0.1, 0.15) is 0 Å². The third-order valence-electron chi connectivity index (χ3n) is 2.97. The summed E-state index contributed by atoms with van der Waals surface area (Å²) in [6, 6.07) is 2.74. The Kier molecular flexibility index (Phi) is 3.63. The number of hydrogen-bond donors (Lipinski definition) is 1. The van der Waals surface area contributed by atoms with E-state index in [-0.39, 0.29) is 0 Å². The predicted octanol–water partition coefficient (Wildman–Crippen LogP) is 3.96. The van der Waals surface area contributed by atoms with Crippen molar-refractivity contribution in [1.82, 2.24) is 5.32 Å². The lowest BCUT2D eigenvalue weighted by atomic mass is 9.79. The minimum absolute atomic E-state index is 0.586. The summed E-state index contributed by atoms with van der Waals surface area (Å²) in [7, 11) is 0. The lowest BCUT2D eigenvalue weighted by Crippen LogP contribution is -2.31. The molecular weight excluding hydrogens is 258 g/mol. The van der Waals surface area contributed by atoms with Gasteiger partial charge in [-0.1, -0.05) is 13.3 Å². The van der Waals surface area contributed by atoms with Gasteiger partial charge in [0.05, 0.1) is 0 Å². The molecule has 1 unspecified atom stereocenters. The maximum atomic E-state index is 3.63. The first-order chi connectivity index (χ1) is 6.83. The van der Waals surface area contributed by atoms with Gasteiger partial charge in [-0.15, -0.1) is 11.3 Å². The van der Waals surface area contributed by atoms with Crippen LogP contribution in [0.2, 0.25) is 0 Å². The summed E-state index contributed by atoms with van der Waals surface area (Å²) in [6.07, 6.45) is 4.19. The molecule has 14 heavy (non-hydrogen) atoms. The first-order valence-corrected chi connectivity index (χ1v) is 6.96. The van der Waals surface area contributed by atoms with Crippen LogP contribution in [0, 0.1) is 5.92 Å². The first-order valence-electron chi connectivity index (χ1n) is 5.29. The molecule has 3 heteroatoms. The summed E-state index contributed by atoms with van der Waals surface area (Å²) in [5, 5.41) is 5.78. The van der Waals surface area contributed by atoms with Crippen LogP contribution >= 0.6 is 27.3 Å². The van der Waals surface area contributed by atoms with Crippen molar-refractivity contribution >= 4 is 27.3 Å². The van der Waals surface area contributed by atoms with Crippen molar-refractivity contribution in [2.75, 3.05) is 6.54 Å². The first kappa shape index (κ1) is 10.7. The van der Waals surface area contributed by atoms with E-state index in [1.54, 1.807) is 0 Å². The molecule has 2 rings (SSSR count). The Morgan fingerprint density at radius 1 is 1.64 bits per heavy atom. The third-order valence-corrected chi connectivity index (χ3v) is 4.93. The van der Waals surface area contributed by atoms with Crippen molar-refractivity contribution in [2.24, 2.45) is 5.92 Å². The van der Waals surface area contributed by atoms with Crippen LogP contribution in [0.5, 0.6) is 0 Å². The zero-order chi connectivity index (χ0) is 9.97. The van der Waals surface area contributed by atoms with Crippen LogP contribution in [0.4, 0.5) is 0 Å². The van der Waals surface area contributed by atoms with Gasteiger partial charge >= 0.3 is 0 Å². The van der Waals surface area contributed by atoms with Crippen molar-refractivity contribution < 1.29 is 0 Å². The summed E-state index contributed by atoms with van der Waals surface area (Å²) < 4.78 is 1.28. The van der Waals surface area contributed by atoms with Crippen LogP contribution in [0.15, 0.2) is 15.9 Å². The number of hydrogen-bond acceptors (Lipinski definition) is 2. The van der Waals surface area contributed by atoms with Gasteiger partial charge in [0.15, 0.2) is 0 Å². The number of halogens is 1. The van der Waals surface area contributed by atoms with E-state index in [1.165, 1.54) is 28.6 Å². The molecule has 1 atom stereocenters. The molecule has 78 valence electrons. The molecule has 1 heterocycles. The standard InChI is InChI=1S/C11H16BrNS/c1-2-13-10(8-4-3-5-8)11-9(12)6-7-14-11/h6-8,10,13H,2-5H2,1H3. The average molecular weight is 274 g/mol. The van der Waals surface area contributed by atoms with Gasteiger partial charge in [-0.05, 0) is 52.7 Å². The molecule has 0 bridgehead atoms. The van der Waals surface area contributed by atoms with E-state index in [0.29, 0.717) is 6.04 Å². The molecule has 0 radical (unpaired) electrons. The number of nitrogens with one attached hydrogen (secondary N) is 1. The van der Waals surface area contributed by atoms with Crippen molar-refractivity contribution in [3.05, 3.63) is 20.8 Å². The van der Waals surface area contributed by atoms with E-state index in [0.717, 1.165) is 12.5 Å². The number of thiophene rings is 1. The van der Waals surface area contributed by atoms with E-state index < -0.39 is 0 Å². The predicted molar refractivity (Wildman–Crippen MR) is 65.8 cm³/mol. The van der Waals surface area contributed by atoms with Gasteiger partial charge in [0, 0.05) is 15.4 Å². The molecule has 1 aromatic heterocycles. The molecule has 1 N–H and O–H groups in total. The molecule has 1 aromatic rings. The van der Waals surface area contributed by atoms with Crippen molar-refractivity contribution in [1.29, 1.82) is 0 Å². The van der Waals surface area contributed by atoms with Gasteiger partial charge in [-0.25, -0.2) is 0 Å². The topological polar surface area (TPSA) is 12.0 Å². The lowest BCUT2D eigenvalue weighted by Gasteiger charge is -2.34. The van der Waals surface area contributed by atoms with Gasteiger partial charge in [0.2, 0.25) is 0 Å². The Morgan fingerprint density at radius 2 is 2.43 bits per heavy atom. The second-order valence-electron chi connectivity index (χ2n) is 3.86. The molecule has 1 nitrogen and oxygen atoms in total. The Bertz CT molecular complexity index is 293. The fraction of sp³-hybridized carbons (Fsp3) is 0.636. The minimum Gasteiger partial charge on any atom is -0.309 e. The summed E-state index contributed by atoms with van der Waals surface area (Å²) in [5.41, 5.74) is 0. The summed E-state index contributed by atoms with van der Waals surface area (Å²) in [6.45, 7) is 3.25. The molecule has 0 aliphatic heterocycles. The quantitative estimate of drug-likeness (QED) is 0.876. The van der Waals surface area contributed by atoms with E-state index in [4.69, 9.17) is 0 Å². The monoisotopic (exact) mass is 273 g/mol. The largest absolute Gasteiger partial charge is 0.309 e. The second-order valence-corrected chi connectivity index (χ2v) is 5.66. The van der Waals surface area contributed by atoms with Crippen molar-refractivity contribution in [3.8, 4) is 0 Å². The molecule has 1 aliphatic carbocycles. The Hall–Kier alpha value is 0.140. The SMILES string of the molecule is CCNC(c1sccc1Br)C1CCC1. The summed E-state index contributed by atoms with van der Waals surface area (Å²) in [5.74, 6) is 0.866. The summed E-state index contributed by atoms with van der Waals surface area (Å²) in [4.78, 5) is 1.48. The van der Waals surface area contributed by atoms with Crippen LogP contribution in [-0.4, -0.2) is 6.54 Å². The molecule has 0 spiro atoms. The summed E-state index contributed by atoms with van der Waals surface area (Å²) >= 11 is 5.49. The highest BCUT2D eigenvalue weighted by Gasteiger charge is 2.29. The van der Waals surface area contributed by atoms with Crippen LogP contribution in [-0.2, 0) is 0 Å². The second kappa shape index (κ2) is 4.77. The van der Waals surface area contributed by atoms with Gasteiger partial charge in [-0.2, -0.15) is 0 Å². The zero-order valence-electron chi connectivity index (χ0n) is 8.42. The van der Waals surface area contributed by atoms with Gasteiger partial charge in [0.25, 0.3) is 0 Å². The number of rotatable bonds is 4. The molecular formula is C11H16BrNS. The van der Waals surface area contributed by atoms with Crippen molar-refractivity contribution in [2.45, 2.75) is 32.2 Å². The third kappa shape index (κ3) is 2.05. The molecule has 0 aromatic carbocycles. The van der Waals surface area contributed by atoms with E-state index in [1.807, 2.05) is 11.3 Å². The van der Waals surface area contributed by atoms with E-state index in [2.05, 4.69) is 39.6 Å². The highest BCUT2D eigenvalue weighted by molar-refractivity contribution is 9.10. The molecule has 0 saturated heterocycles. The van der Waals surface area contributed by atoms with E-state index >= 15 is 0 Å². The zero-order valence-corrected chi connectivity index (χ0v) is 10.8. The maximum absolute atomic E-state index is 3.63. The Morgan fingerprint density at radius 3 is 2.86 bits per heavy atom. The highest BCUT2D eigenvalue weighted by Crippen LogP contribution is 2.41. The van der Waals surface area contributed by atoms with Crippen LogP contribution in [0.1, 0.15) is 37.1 Å². The highest BCUT2D eigenvalue weighted by atomic mass is 79.9. The van der Waals surface area contributed by atoms with Gasteiger partial charge in [-0.3, -0.25) is 0 Å². The van der Waals surface area contributed by atoms with E-state index in [9.17, 15) is 0 Å². The van der Waals surface area contributed by atoms with Gasteiger partial charge < -0.3 is 5.32 Å². The molecule has 1 fully saturated rings. The van der Waals surface area contributed by atoms with Crippen LogP contribution < -0.4 is 5.32 Å². The average Bonchev–Trinajstić information content (AvgIpc) is 2.47. The Balaban J connectivity index is 2.13. The van der Waals surface area contributed by atoms with Crippen LogP contribution in [0.3, 0.4) is 0 Å². The van der Waals surface area contributed by atoms with Crippen LogP contribution in [0.25, 0.3) is 0 Å². The minimum atomic E-state index is 0.586.